The van der Waals surface area contributed by atoms with Crippen LogP contribution in [0.3, 0.4) is 0 Å². The number of carbonyl (C=O) groups is 3. The Labute approximate surface area is 265 Å². The molecule has 0 saturated carbocycles. The molecular formula is C36H34FNO8. The number of allylic oxidation sites excluding steroid dienone is 1. The van der Waals surface area contributed by atoms with E-state index in [4.69, 9.17) is 23.7 Å². The molecule has 0 bridgehead atoms. The number of fused-ring (bicyclic) bond motifs is 4. The molecule has 3 aromatic carbocycles. The lowest BCUT2D eigenvalue weighted by atomic mass is 9.72. The number of nitrogens with one attached hydrogen (secondary N) is 1. The molecule has 0 aromatic heterocycles. The Hall–Kier alpha value is -4.96. The van der Waals surface area contributed by atoms with Gasteiger partial charge in [0.1, 0.15) is 42.1 Å². The zero-order chi connectivity index (χ0) is 32.4. The number of halogens is 1. The lowest BCUT2D eigenvalue weighted by molar-refractivity contribution is -0.154. The van der Waals surface area contributed by atoms with Gasteiger partial charge in [-0.25, -0.2) is 9.18 Å². The van der Waals surface area contributed by atoms with Crippen LogP contribution in [0.25, 0.3) is 11.1 Å². The van der Waals surface area contributed by atoms with Crippen molar-refractivity contribution in [1.82, 2.24) is 0 Å². The van der Waals surface area contributed by atoms with Crippen LogP contribution in [-0.4, -0.2) is 50.6 Å². The molecular weight excluding hydrogens is 593 g/mol. The Kier molecular flexibility index (Phi) is 8.64. The van der Waals surface area contributed by atoms with Crippen LogP contribution in [0.1, 0.15) is 36.0 Å². The highest BCUT2D eigenvalue weighted by molar-refractivity contribution is 6.06. The molecule has 1 fully saturated rings. The van der Waals surface area contributed by atoms with Gasteiger partial charge in [-0.05, 0) is 46.2 Å². The van der Waals surface area contributed by atoms with Gasteiger partial charge in [0.05, 0.1) is 12.8 Å². The average Bonchev–Trinajstić information content (AvgIpc) is 3.63. The van der Waals surface area contributed by atoms with E-state index in [0.29, 0.717) is 5.76 Å². The molecule has 1 saturated heterocycles. The summed E-state index contributed by atoms with van der Waals surface area (Å²) in [5, 5.41) is 2.71. The van der Waals surface area contributed by atoms with Crippen molar-refractivity contribution in [2.45, 2.75) is 31.3 Å². The Bertz CT molecular complexity index is 1690. The SMILES string of the molecule is C=CCOC(=O)[C@@H]1C[C@]2([C@@H](C)Cc3cc(NC(=O)OCC4c5ccccc5-c5ccccc54)c(OC)cc3F)OCOC2=CC1=O. The van der Waals surface area contributed by atoms with Crippen LogP contribution in [0.2, 0.25) is 0 Å². The summed E-state index contributed by atoms with van der Waals surface area (Å²) < 4.78 is 43.3. The van der Waals surface area contributed by atoms with E-state index in [1.54, 1.807) is 0 Å². The van der Waals surface area contributed by atoms with Gasteiger partial charge in [0.25, 0.3) is 0 Å². The molecule has 1 heterocycles. The molecule has 0 radical (unpaired) electrons. The summed E-state index contributed by atoms with van der Waals surface area (Å²) in [7, 11) is 1.38. The first kappa shape index (κ1) is 31.0. The molecule has 1 N–H and O–H groups in total. The molecule has 1 aliphatic heterocycles. The van der Waals surface area contributed by atoms with Gasteiger partial charge in [0.2, 0.25) is 0 Å². The van der Waals surface area contributed by atoms with Crippen LogP contribution < -0.4 is 10.1 Å². The highest BCUT2D eigenvalue weighted by Crippen LogP contribution is 2.47. The average molecular weight is 628 g/mol. The van der Waals surface area contributed by atoms with E-state index in [0.717, 1.165) is 22.3 Å². The summed E-state index contributed by atoms with van der Waals surface area (Å²) in [4.78, 5) is 38.5. The second-order valence-corrected chi connectivity index (χ2v) is 11.6. The maximum atomic E-state index is 15.4. The van der Waals surface area contributed by atoms with Crippen molar-refractivity contribution in [3.8, 4) is 16.9 Å². The fourth-order valence-electron chi connectivity index (χ4n) is 6.64. The normalized spacial score (nSPS) is 20.4. The molecule has 0 spiro atoms. The summed E-state index contributed by atoms with van der Waals surface area (Å²) in [5.74, 6) is -2.95. The maximum Gasteiger partial charge on any atom is 0.411 e. The lowest BCUT2D eigenvalue weighted by Gasteiger charge is -2.37. The van der Waals surface area contributed by atoms with Gasteiger partial charge in [-0.1, -0.05) is 68.1 Å². The molecule has 1 amide bonds. The van der Waals surface area contributed by atoms with E-state index < -0.39 is 41.1 Å². The van der Waals surface area contributed by atoms with Crippen LogP contribution in [0.5, 0.6) is 5.75 Å². The Balaban J connectivity index is 1.18. The van der Waals surface area contributed by atoms with Crippen LogP contribution >= 0.6 is 0 Å². The summed E-state index contributed by atoms with van der Waals surface area (Å²) in [5.41, 5.74) is 3.72. The second-order valence-electron chi connectivity index (χ2n) is 11.6. The molecule has 3 atom stereocenters. The molecule has 3 aliphatic rings. The summed E-state index contributed by atoms with van der Waals surface area (Å²) in [6, 6.07) is 18.8. The van der Waals surface area contributed by atoms with Crippen LogP contribution in [-0.2, 0) is 35.0 Å². The third kappa shape index (κ3) is 5.64. The van der Waals surface area contributed by atoms with Gasteiger partial charge in [-0.15, -0.1) is 0 Å². The monoisotopic (exact) mass is 627 g/mol. The van der Waals surface area contributed by atoms with Gasteiger partial charge >= 0.3 is 12.1 Å². The molecule has 0 unspecified atom stereocenters. The second kappa shape index (κ2) is 12.8. The molecule has 2 aliphatic carbocycles. The van der Waals surface area contributed by atoms with Crippen LogP contribution in [0.4, 0.5) is 14.9 Å². The fraction of sp³-hybridized carbons (Fsp3) is 0.306. The number of ether oxygens (including phenoxy) is 5. The van der Waals surface area contributed by atoms with Crippen molar-refractivity contribution in [3.05, 3.63) is 108 Å². The first-order valence-electron chi connectivity index (χ1n) is 15.0. The number of rotatable bonds is 10. The molecule has 3 aromatic rings. The van der Waals surface area contributed by atoms with Gasteiger partial charge < -0.3 is 23.7 Å². The quantitative estimate of drug-likeness (QED) is 0.158. The van der Waals surface area contributed by atoms with Crippen molar-refractivity contribution in [2.75, 3.05) is 32.4 Å². The fourth-order valence-corrected chi connectivity index (χ4v) is 6.64. The van der Waals surface area contributed by atoms with Gasteiger partial charge in [0.15, 0.2) is 12.6 Å². The minimum atomic E-state index is -1.15. The lowest BCUT2D eigenvalue weighted by Crippen LogP contribution is -2.47. The molecule has 9 nitrogen and oxygen atoms in total. The first-order valence-corrected chi connectivity index (χ1v) is 15.0. The third-order valence-electron chi connectivity index (χ3n) is 8.97. The highest BCUT2D eigenvalue weighted by atomic mass is 19.1. The van der Waals surface area contributed by atoms with Crippen LogP contribution in [0, 0.1) is 17.7 Å². The van der Waals surface area contributed by atoms with Crippen molar-refractivity contribution in [3.63, 3.8) is 0 Å². The van der Waals surface area contributed by atoms with Crippen molar-refractivity contribution >= 4 is 23.5 Å². The number of carbonyl (C=O) groups excluding carboxylic acids is 3. The Morgan fingerprint density at radius 1 is 1.11 bits per heavy atom. The number of ketones is 1. The topological polar surface area (TPSA) is 109 Å². The molecule has 6 rings (SSSR count). The minimum absolute atomic E-state index is 0.0164. The number of amides is 1. The van der Waals surface area contributed by atoms with Crippen molar-refractivity contribution < 1.29 is 42.5 Å². The molecule has 46 heavy (non-hydrogen) atoms. The summed E-state index contributed by atoms with van der Waals surface area (Å²) in [6.45, 7) is 5.32. The number of hydrogen-bond donors (Lipinski definition) is 1. The zero-order valence-corrected chi connectivity index (χ0v) is 25.5. The van der Waals surface area contributed by atoms with E-state index in [9.17, 15) is 14.4 Å². The Morgan fingerprint density at radius 3 is 2.48 bits per heavy atom. The van der Waals surface area contributed by atoms with Gasteiger partial charge in [0, 0.05) is 24.5 Å². The van der Waals surface area contributed by atoms with Gasteiger partial charge in [-0.2, -0.15) is 0 Å². The number of esters is 1. The molecule has 10 heteroatoms. The van der Waals surface area contributed by atoms with Crippen molar-refractivity contribution in [1.29, 1.82) is 0 Å². The Morgan fingerprint density at radius 2 is 1.80 bits per heavy atom. The van der Waals surface area contributed by atoms with Gasteiger partial charge in [-0.3, -0.25) is 14.9 Å². The van der Waals surface area contributed by atoms with E-state index in [1.807, 2.05) is 43.3 Å². The van der Waals surface area contributed by atoms with Crippen molar-refractivity contribution in [2.24, 2.45) is 11.8 Å². The zero-order valence-electron chi connectivity index (χ0n) is 25.5. The van der Waals surface area contributed by atoms with E-state index >= 15 is 4.39 Å². The predicted molar refractivity (Wildman–Crippen MR) is 167 cm³/mol. The van der Waals surface area contributed by atoms with E-state index in [-0.39, 0.29) is 55.8 Å². The maximum absolute atomic E-state index is 15.4. The minimum Gasteiger partial charge on any atom is -0.494 e. The molecule has 238 valence electrons. The smallest absolute Gasteiger partial charge is 0.411 e. The highest BCUT2D eigenvalue weighted by Gasteiger charge is 2.54. The first-order chi connectivity index (χ1) is 22.3. The third-order valence-corrected chi connectivity index (χ3v) is 8.97. The summed E-state index contributed by atoms with van der Waals surface area (Å²) >= 11 is 0. The number of hydrogen-bond acceptors (Lipinski definition) is 8. The number of anilines is 1. The predicted octanol–water partition coefficient (Wildman–Crippen LogP) is 6.32. The van der Waals surface area contributed by atoms with E-state index in [2.05, 4.69) is 24.0 Å². The number of methoxy groups -OCH3 is 1. The largest absolute Gasteiger partial charge is 0.494 e. The standard InChI is InChI=1S/C36H34FNO8/c1-4-13-43-34(40)27-18-36(33(17-31(27)39)45-20-46-36)21(2)14-22-15-30(32(42-3)16-29(22)37)38-35(41)44-19-28-25-11-7-5-9-23(25)24-10-6-8-12-26(24)28/h4-12,15-17,21,27-28H,1,13-14,18-20H2,2-3H3,(H,38,41)/t21-,27+,36+/m0/s1. The number of benzene rings is 3. The summed E-state index contributed by atoms with van der Waals surface area (Å²) in [6.07, 6.45) is 2.08. The van der Waals surface area contributed by atoms with Crippen LogP contribution in [0.15, 0.2) is 85.2 Å². The van der Waals surface area contributed by atoms with E-state index in [1.165, 1.54) is 31.4 Å².